The normalized spacial score (nSPS) is 21.9. The van der Waals surface area contributed by atoms with Gasteiger partial charge in [-0.25, -0.2) is 13.2 Å². The third-order valence-corrected chi connectivity index (χ3v) is 7.71. The molecule has 2 aliphatic rings. The summed E-state index contributed by atoms with van der Waals surface area (Å²) < 4.78 is 32.5. The quantitative estimate of drug-likeness (QED) is 0.593. The van der Waals surface area contributed by atoms with Gasteiger partial charge in [0, 0.05) is 25.7 Å². The average Bonchev–Trinajstić information content (AvgIpc) is 3.23. The number of piperidine rings is 1. The second-order valence-electron chi connectivity index (χ2n) is 7.95. The van der Waals surface area contributed by atoms with E-state index in [-0.39, 0.29) is 41.8 Å². The van der Waals surface area contributed by atoms with Crippen LogP contribution in [0, 0.1) is 11.8 Å². The minimum atomic E-state index is -3.60. The molecule has 0 aromatic heterocycles. The number of ether oxygens (including phenoxy) is 1. The van der Waals surface area contributed by atoms with Crippen molar-refractivity contribution in [2.24, 2.45) is 11.8 Å². The van der Waals surface area contributed by atoms with Crippen LogP contribution in [0.2, 0.25) is 0 Å². The molecule has 32 heavy (non-hydrogen) atoms. The minimum Gasteiger partial charge on any atom is -0.445 e. The van der Waals surface area contributed by atoms with E-state index in [0.29, 0.717) is 13.1 Å². The summed E-state index contributed by atoms with van der Waals surface area (Å²) >= 11 is 0. The number of rotatable bonds is 8. The second-order valence-corrected chi connectivity index (χ2v) is 9.89. The zero-order valence-corrected chi connectivity index (χ0v) is 18.3. The van der Waals surface area contributed by atoms with E-state index in [1.165, 1.54) is 10.4 Å². The summed E-state index contributed by atoms with van der Waals surface area (Å²) in [7, 11) is -3.60. The number of hydrogen-bond acceptors (Lipinski definition) is 5. The van der Waals surface area contributed by atoms with E-state index < -0.39 is 16.1 Å². The number of nitrogens with zero attached hydrogens (tertiary/aromatic N) is 1. The molecule has 2 aromatic rings. The van der Waals surface area contributed by atoms with Crippen LogP contribution in [0.5, 0.6) is 0 Å². The molecule has 168 valence electrons. The fourth-order valence-corrected chi connectivity index (χ4v) is 5.51. The first-order valence-electron chi connectivity index (χ1n) is 10.3. The van der Waals surface area contributed by atoms with Gasteiger partial charge >= 0.3 is 6.09 Å². The van der Waals surface area contributed by atoms with E-state index in [1.807, 2.05) is 30.3 Å². The standard InChI is InChI=1S/C23H25N3O5S/c1-2-21(27)25-22-19-13-26(14-20(19)22)32(29,30)18-10-8-16(9-11-18)12-24-23(28)31-15-17-6-4-3-5-7-17/h2-11,19-20,22H,1,12-15H2,(H,24,28)(H,25,27). The molecule has 0 radical (unpaired) electrons. The molecule has 1 saturated heterocycles. The smallest absolute Gasteiger partial charge is 0.407 e. The van der Waals surface area contributed by atoms with Gasteiger partial charge in [-0.1, -0.05) is 49.0 Å². The summed E-state index contributed by atoms with van der Waals surface area (Å²) in [5.41, 5.74) is 1.66. The van der Waals surface area contributed by atoms with Gasteiger partial charge in [-0.05, 0) is 41.2 Å². The third-order valence-electron chi connectivity index (χ3n) is 5.87. The number of amides is 2. The highest BCUT2D eigenvalue weighted by molar-refractivity contribution is 7.89. The van der Waals surface area contributed by atoms with Crippen molar-refractivity contribution in [3.8, 4) is 0 Å². The summed E-state index contributed by atoms with van der Waals surface area (Å²) in [6.07, 6.45) is 0.682. The molecule has 2 aromatic carbocycles. The number of sulfonamides is 1. The van der Waals surface area contributed by atoms with E-state index >= 15 is 0 Å². The predicted octanol–water partition coefficient (Wildman–Crippen LogP) is 2.03. The number of carbonyl (C=O) groups is 2. The van der Waals surface area contributed by atoms with Gasteiger partial charge in [0.25, 0.3) is 0 Å². The molecular formula is C23H25N3O5S. The van der Waals surface area contributed by atoms with Crippen LogP contribution in [0.1, 0.15) is 11.1 Å². The van der Waals surface area contributed by atoms with E-state index in [1.54, 1.807) is 24.3 Å². The maximum absolute atomic E-state index is 12.9. The van der Waals surface area contributed by atoms with Crippen molar-refractivity contribution in [3.63, 3.8) is 0 Å². The van der Waals surface area contributed by atoms with Crippen LogP contribution < -0.4 is 10.6 Å². The number of carbonyl (C=O) groups excluding carboxylic acids is 2. The van der Waals surface area contributed by atoms with Crippen LogP contribution >= 0.6 is 0 Å². The molecule has 1 aliphatic carbocycles. The van der Waals surface area contributed by atoms with Crippen molar-refractivity contribution < 1.29 is 22.7 Å². The third kappa shape index (κ3) is 4.84. The fourth-order valence-electron chi connectivity index (χ4n) is 4.00. The predicted molar refractivity (Wildman–Crippen MR) is 118 cm³/mol. The van der Waals surface area contributed by atoms with E-state index in [9.17, 15) is 18.0 Å². The van der Waals surface area contributed by atoms with Crippen LogP contribution in [0.3, 0.4) is 0 Å². The first kappa shape index (κ1) is 22.0. The molecule has 1 saturated carbocycles. The topological polar surface area (TPSA) is 105 Å². The van der Waals surface area contributed by atoms with Crippen molar-refractivity contribution >= 4 is 22.0 Å². The lowest BCUT2D eigenvalue weighted by molar-refractivity contribution is -0.116. The number of nitrogens with one attached hydrogen (secondary N) is 2. The van der Waals surface area contributed by atoms with Gasteiger partial charge in [0.1, 0.15) is 6.61 Å². The molecule has 0 bridgehead atoms. The van der Waals surface area contributed by atoms with Crippen LogP contribution in [0.15, 0.2) is 72.1 Å². The Labute approximate surface area is 187 Å². The number of hydrogen-bond donors (Lipinski definition) is 2. The Hall–Kier alpha value is -3.17. The Bertz CT molecular complexity index is 1090. The Morgan fingerprint density at radius 1 is 1.03 bits per heavy atom. The van der Waals surface area contributed by atoms with Crippen molar-refractivity contribution in [1.29, 1.82) is 0 Å². The molecule has 2 atom stereocenters. The molecule has 2 unspecified atom stereocenters. The Balaban J connectivity index is 1.26. The molecule has 1 heterocycles. The molecule has 2 amide bonds. The van der Waals surface area contributed by atoms with Gasteiger partial charge in [0.15, 0.2) is 0 Å². The summed E-state index contributed by atoms with van der Waals surface area (Å²) in [6, 6.07) is 15.8. The van der Waals surface area contributed by atoms with Gasteiger partial charge in [-0.15, -0.1) is 0 Å². The summed E-state index contributed by atoms with van der Waals surface area (Å²) in [6.45, 7) is 4.63. The molecular weight excluding hydrogens is 430 g/mol. The zero-order chi connectivity index (χ0) is 22.7. The second kappa shape index (κ2) is 9.13. The Kier molecular flexibility index (Phi) is 6.29. The molecule has 0 spiro atoms. The van der Waals surface area contributed by atoms with Gasteiger partial charge in [0.05, 0.1) is 4.90 Å². The Morgan fingerprint density at radius 3 is 2.31 bits per heavy atom. The lowest BCUT2D eigenvalue weighted by Gasteiger charge is -2.20. The number of alkyl carbamates (subject to hydrolysis) is 1. The lowest BCUT2D eigenvalue weighted by atomic mass is 10.2. The summed E-state index contributed by atoms with van der Waals surface area (Å²) in [4.78, 5) is 23.5. The highest BCUT2D eigenvalue weighted by Crippen LogP contribution is 2.47. The number of benzene rings is 2. The number of fused-ring (bicyclic) bond motifs is 1. The molecule has 2 fully saturated rings. The zero-order valence-electron chi connectivity index (χ0n) is 17.4. The molecule has 2 N–H and O–H groups in total. The first-order valence-corrected chi connectivity index (χ1v) is 11.8. The summed E-state index contributed by atoms with van der Waals surface area (Å²) in [5.74, 6) is 0.0741. The SMILES string of the molecule is C=CC(=O)NC1C2CN(S(=O)(=O)c3ccc(CNC(=O)OCc4ccccc4)cc3)CC21. The monoisotopic (exact) mass is 455 g/mol. The fraction of sp³-hybridized carbons (Fsp3) is 0.304. The molecule has 8 nitrogen and oxygen atoms in total. The Morgan fingerprint density at radius 2 is 1.69 bits per heavy atom. The average molecular weight is 456 g/mol. The van der Waals surface area contributed by atoms with Crippen LogP contribution in [0.25, 0.3) is 0 Å². The summed E-state index contributed by atoms with van der Waals surface area (Å²) in [5, 5.41) is 5.50. The molecule has 4 rings (SSSR count). The highest BCUT2D eigenvalue weighted by Gasteiger charge is 2.58. The minimum absolute atomic E-state index is 0.0297. The van der Waals surface area contributed by atoms with Crippen LogP contribution in [0.4, 0.5) is 4.79 Å². The first-order chi connectivity index (χ1) is 15.4. The van der Waals surface area contributed by atoms with Crippen molar-refractivity contribution in [1.82, 2.24) is 14.9 Å². The van der Waals surface area contributed by atoms with Crippen molar-refractivity contribution in [2.75, 3.05) is 13.1 Å². The van der Waals surface area contributed by atoms with Gasteiger partial charge in [0.2, 0.25) is 15.9 Å². The van der Waals surface area contributed by atoms with Crippen LogP contribution in [-0.4, -0.2) is 43.9 Å². The highest BCUT2D eigenvalue weighted by atomic mass is 32.2. The lowest BCUT2D eigenvalue weighted by Crippen LogP contribution is -2.36. The molecule has 9 heteroatoms. The van der Waals surface area contributed by atoms with E-state index in [0.717, 1.165) is 11.1 Å². The van der Waals surface area contributed by atoms with Gasteiger partial charge in [-0.3, -0.25) is 4.79 Å². The van der Waals surface area contributed by atoms with E-state index in [4.69, 9.17) is 4.74 Å². The largest absolute Gasteiger partial charge is 0.445 e. The maximum Gasteiger partial charge on any atom is 0.407 e. The maximum atomic E-state index is 12.9. The van der Waals surface area contributed by atoms with Gasteiger partial charge < -0.3 is 15.4 Å². The van der Waals surface area contributed by atoms with Gasteiger partial charge in [-0.2, -0.15) is 4.31 Å². The molecule has 1 aliphatic heterocycles. The van der Waals surface area contributed by atoms with Crippen LogP contribution in [-0.2, 0) is 32.7 Å². The van der Waals surface area contributed by atoms with Crippen molar-refractivity contribution in [3.05, 3.63) is 78.4 Å². The van der Waals surface area contributed by atoms with Crippen molar-refractivity contribution in [2.45, 2.75) is 24.1 Å². The van der Waals surface area contributed by atoms with E-state index in [2.05, 4.69) is 17.2 Å².